The minimum atomic E-state index is 0.495. The molecule has 0 atom stereocenters. The Morgan fingerprint density at radius 1 is 1.38 bits per heavy atom. The zero-order valence-corrected chi connectivity index (χ0v) is 7.40. The molecule has 0 aliphatic heterocycles. The third kappa shape index (κ3) is 1.99. The summed E-state index contributed by atoms with van der Waals surface area (Å²) in [7, 11) is 0. The summed E-state index contributed by atoms with van der Waals surface area (Å²) in [5.41, 5.74) is 6.39. The summed E-state index contributed by atoms with van der Waals surface area (Å²) in [6, 6.07) is 4.14. The van der Waals surface area contributed by atoms with Gasteiger partial charge in [0.05, 0.1) is 0 Å². The topological polar surface area (TPSA) is 50.9 Å². The monoisotopic (exact) mass is 175 g/mol. The second kappa shape index (κ2) is 3.47. The third-order valence-corrected chi connectivity index (χ3v) is 2.14. The predicted molar refractivity (Wildman–Crippen MR) is 54.4 cm³/mol. The van der Waals surface area contributed by atoms with Crippen molar-refractivity contribution in [1.29, 1.82) is 0 Å². The molecule has 2 rings (SSSR count). The number of nitrogens with one attached hydrogen (secondary N) is 1. The Kier molecular flexibility index (Phi) is 2.17. The van der Waals surface area contributed by atoms with E-state index < -0.39 is 0 Å². The maximum Gasteiger partial charge on any atom is 0.128 e. The summed E-state index contributed by atoms with van der Waals surface area (Å²) >= 11 is 0. The third-order valence-electron chi connectivity index (χ3n) is 2.14. The summed E-state index contributed by atoms with van der Waals surface area (Å²) < 4.78 is 0. The molecular formula is C10H13N3. The highest BCUT2D eigenvalue weighted by atomic mass is 15.0. The maximum absolute atomic E-state index is 5.64. The zero-order chi connectivity index (χ0) is 9.10. The molecule has 1 aliphatic rings. The fourth-order valence-corrected chi connectivity index (χ4v) is 1.47. The van der Waals surface area contributed by atoms with Gasteiger partial charge in [-0.1, -0.05) is 12.2 Å². The van der Waals surface area contributed by atoms with Gasteiger partial charge in [0.2, 0.25) is 0 Å². The summed E-state index contributed by atoms with van der Waals surface area (Å²) in [6.45, 7) is 0. The van der Waals surface area contributed by atoms with Gasteiger partial charge in [0, 0.05) is 24.0 Å². The van der Waals surface area contributed by atoms with E-state index in [4.69, 9.17) is 5.73 Å². The normalized spacial score (nSPS) is 16.3. The van der Waals surface area contributed by atoms with Gasteiger partial charge in [-0.3, -0.25) is 0 Å². The first-order chi connectivity index (χ1) is 6.34. The first-order valence-electron chi connectivity index (χ1n) is 4.47. The Morgan fingerprint density at radius 2 is 2.15 bits per heavy atom. The number of hydrogen-bond acceptors (Lipinski definition) is 3. The number of nitrogen functional groups attached to an aromatic ring is 1. The number of hydrogen-bond donors (Lipinski definition) is 2. The van der Waals surface area contributed by atoms with Crippen LogP contribution in [0, 0.1) is 0 Å². The average molecular weight is 175 g/mol. The smallest absolute Gasteiger partial charge is 0.128 e. The highest BCUT2D eigenvalue weighted by Gasteiger charge is 2.09. The molecule has 68 valence electrons. The first-order valence-corrected chi connectivity index (χ1v) is 4.47. The van der Waals surface area contributed by atoms with Crippen LogP contribution in [-0.2, 0) is 0 Å². The lowest BCUT2D eigenvalue weighted by Gasteiger charge is -2.12. The summed E-state index contributed by atoms with van der Waals surface area (Å²) in [5, 5.41) is 3.33. The van der Waals surface area contributed by atoms with Crippen LogP contribution in [0.25, 0.3) is 0 Å². The van der Waals surface area contributed by atoms with Crippen LogP contribution >= 0.6 is 0 Å². The quantitative estimate of drug-likeness (QED) is 0.674. The number of rotatable bonds is 2. The molecule has 1 aromatic heterocycles. The fraction of sp³-hybridized carbons (Fsp3) is 0.300. The minimum absolute atomic E-state index is 0.495. The number of aromatic nitrogens is 1. The maximum atomic E-state index is 5.64. The Hall–Kier alpha value is -1.51. The van der Waals surface area contributed by atoms with Crippen LogP contribution in [0.1, 0.15) is 12.8 Å². The van der Waals surface area contributed by atoms with E-state index in [1.807, 2.05) is 6.07 Å². The molecular weight excluding hydrogens is 162 g/mol. The minimum Gasteiger partial charge on any atom is -0.399 e. The lowest BCUT2D eigenvalue weighted by molar-refractivity contribution is 0.781. The van der Waals surface area contributed by atoms with E-state index in [1.165, 1.54) is 0 Å². The van der Waals surface area contributed by atoms with E-state index >= 15 is 0 Å². The van der Waals surface area contributed by atoms with Gasteiger partial charge < -0.3 is 11.1 Å². The van der Waals surface area contributed by atoms with E-state index in [0.29, 0.717) is 6.04 Å². The molecule has 0 unspecified atom stereocenters. The highest BCUT2D eigenvalue weighted by molar-refractivity contribution is 5.49. The van der Waals surface area contributed by atoms with Crippen molar-refractivity contribution in [2.75, 3.05) is 11.1 Å². The van der Waals surface area contributed by atoms with Gasteiger partial charge in [0.25, 0.3) is 0 Å². The first kappa shape index (κ1) is 8.10. The van der Waals surface area contributed by atoms with Gasteiger partial charge in [-0.2, -0.15) is 0 Å². The van der Waals surface area contributed by atoms with E-state index in [9.17, 15) is 0 Å². The molecule has 0 bridgehead atoms. The average Bonchev–Trinajstić information content (AvgIpc) is 2.57. The Labute approximate surface area is 77.7 Å². The Morgan fingerprint density at radius 3 is 2.85 bits per heavy atom. The summed E-state index contributed by atoms with van der Waals surface area (Å²) in [5.74, 6) is 0.869. The summed E-state index contributed by atoms with van der Waals surface area (Å²) in [4.78, 5) is 4.18. The van der Waals surface area contributed by atoms with Crippen LogP contribution in [0.15, 0.2) is 30.5 Å². The van der Waals surface area contributed by atoms with Crippen LogP contribution in [0.5, 0.6) is 0 Å². The van der Waals surface area contributed by atoms with Gasteiger partial charge in [-0.25, -0.2) is 4.98 Å². The molecule has 3 nitrogen and oxygen atoms in total. The van der Waals surface area contributed by atoms with Gasteiger partial charge in [0.15, 0.2) is 0 Å². The van der Waals surface area contributed by atoms with E-state index in [0.717, 1.165) is 24.3 Å². The van der Waals surface area contributed by atoms with E-state index in [1.54, 1.807) is 12.3 Å². The molecule has 1 aromatic rings. The molecule has 0 amide bonds. The molecule has 0 fully saturated rings. The van der Waals surface area contributed by atoms with Crippen molar-refractivity contribution >= 4 is 11.5 Å². The Bertz CT molecular complexity index is 312. The SMILES string of the molecule is Nc1ccnc(NC2CC=CC2)c1. The number of anilines is 2. The molecule has 0 saturated carbocycles. The molecule has 3 N–H and O–H groups in total. The van der Waals surface area contributed by atoms with Crippen molar-refractivity contribution in [3.63, 3.8) is 0 Å². The van der Waals surface area contributed by atoms with Gasteiger partial charge in [-0.05, 0) is 18.9 Å². The number of nitrogens with zero attached hydrogens (tertiary/aromatic N) is 1. The molecule has 13 heavy (non-hydrogen) atoms. The molecule has 0 radical (unpaired) electrons. The van der Waals surface area contributed by atoms with Crippen molar-refractivity contribution in [1.82, 2.24) is 4.98 Å². The lowest BCUT2D eigenvalue weighted by Crippen LogP contribution is -2.15. The fourth-order valence-electron chi connectivity index (χ4n) is 1.47. The second-order valence-corrected chi connectivity index (χ2v) is 3.26. The van der Waals surface area contributed by atoms with Gasteiger partial charge in [-0.15, -0.1) is 0 Å². The van der Waals surface area contributed by atoms with Gasteiger partial charge in [0.1, 0.15) is 5.82 Å². The molecule has 1 aliphatic carbocycles. The van der Waals surface area contributed by atoms with Crippen LogP contribution < -0.4 is 11.1 Å². The van der Waals surface area contributed by atoms with Crippen molar-refractivity contribution in [3.05, 3.63) is 30.5 Å². The van der Waals surface area contributed by atoms with E-state index in [-0.39, 0.29) is 0 Å². The van der Waals surface area contributed by atoms with Crippen molar-refractivity contribution in [2.45, 2.75) is 18.9 Å². The van der Waals surface area contributed by atoms with Crippen molar-refractivity contribution in [3.8, 4) is 0 Å². The van der Waals surface area contributed by atoms with Crippen LogP contribution in [-0.4, -0.2) is 11.0 Å². The van der Waals surface area contributed by atoms with Crippen LogP contribution in [0.4, 0.5) is 11.5 Å². The molecule has 1 heterocycles. The van der Waals surface area contributed by atoms with Gasteiger partial charge >= 0.3 is 0 Å². The van der Waals surface area contributed by atoms with Crippen LogP contribution in [0.2, 0.25) is 0 Å². The number of nitrogens with two attached hydrogens (primary N) is 1. The molecule has 0 spiro atoms. The van der Waals surface area contributed by atoms with Crippen LogP contribution in [0.3, 0.4) is 0 Å². The number of pyridine rings is 1. The largest absolute Gasteiger partial charge is 0.399 e. The summed E-state index contributed by atoms with van der Waals surface area (Å²) in [6.07, 6.45) is 8.25. The molecule has 0 saturated heterocycles. The lowest BCUT2D eigenvalue weighted by atomic mass is 10.2. The van der Waals surface area contributed by atoms with Crippen molar-refractivity contribution in [2.24, 2.45) is 0 Å². The second-order valence-electron chi connectivity index (χ2n) is 3.26. The standard InChI is InChI=1S/C10H13N3/c11-8-5-6-12-10(7-8)13-9-3-1-2-4-9/h1-2,5-7,9H,3-4H2,(H3,11,12,13). The van der Waals surface area contributed by atoms with E-state index in [2.05, 4.69) is 22.5 Å². The van der Waals surface area contributed by atoms with Crippen molar-refractivity contribution < 1.29 is 0 Å². The Balaban J connectivity index is 2.01. The highest BCUT2D eigenvalue weighted by Crippen LogP contribution is 2.16. The predicted octanol–water partition coefficient (Wildman–Crippen LogP) is 1.79. The molecule has 3 heteroatoms. The molecule has 0 aromatic carbocycles. The zero-order valence-electron chi connectivity index (χ0n) is 7.40.